The molecule has 0 amide bonds. The number of aryl methyl sites for hydroxylation is 3. The molecule has 0 aliphatic rings. The molecule has 1 aromatic heterocycles. The summed E-state index contributed by atoms with van der Waals surface area (Å²) in [6, 6.07) is 15.3. The van der Waals surface area contributed by atoms with E-state index >= 15 is 0 Å². The van der Waals surface area contributed by atoms with Gasteiger partial charge in [-0.05, 0) is 67.3 Å². The molecule has 1 heterocycles. The van der Waals surface area contributed by atoms with Gasteiger partial charge in [-0.3, -0.25) is 0 Å². The normalized spacial score (nSPS) is 10.8. The van der Waals surface area contributed by atoms with Crippen LogP contribution in [0.3, 0.4) is 0 Å². The topological polar surface area (TPSA) is 33.1 Å². The number of phenolic OH excluding ortho intramolecular Hbond substituents is 1. The van der Waals surface area contributed by atoms with Crippen LogP contribution in [-0.2, 0) is 0 Å². The fraction of sp³-hybridized carbons (Fsp3) is 0.150. The number of aromatic hydroxyl groups is 1. The molecule has 0 fully saturated rings. The number of hydrogen-bond acceptors (Lipinski definition) is 2. The van der Waals surface area contributed by atoms with Gasteiger partial charge < -0.3 is 5.11 Å². The molecule has 0 aliphatic carbocycles. The van der Waals surface area contributed by atoms with E-state index in [1.54, 1.807) is 12.1 Å². The van der Waals surface area contributed by atoms with Crippen molar-refractivity contribution < 1.29 is 5.11 Å². The van der Waals surface area contributed by atoms with Gasteiger partial charge in [-0.2, -0.15) is 0 Å². The van der Waals surface area contributed by atoms with Crippen molar-refractivity contribution in [3.05, 3.63) is 70.4 Å². The first-order chi connectivity index (χ1) is 11.0. The van der Waals surface area contributed by atoms with E-state index in [9.17, 15) is 5.11 Å². The first kappa shape index (κ1) is 15.6. The molecule has 2 nitrogen and oxygen atoms in total. The Morgan fingerprint density at radius 1 is 0.913 bits per heavy atom. The predicted molar refractivity (Wildman–Crippen MR) is 96.0 cm³/mol. The lowest BCUT2D eigenvalue weighted by Gasteiger charge is -2.13. The lowest BCUT2D eigenvalue weighted by molar-refractivity contribution is 0.477. The zero-order chi connectivity index (χ0) is 16.6. The van der Waals surface area contributed by atoms with E-state index < -0.39 is 0 Å². The molecule has 3 aromatic rings. The van der Waals surface area contributed by atoms with E-state index in [1.807, 2.05) is 24.3 Å². The van der Waals surface area contributed by atoms with E-state index in [-0.39, 0.29) is 5.75 Å². The van der Waals surface area contributed by atoms with Gasteiger partial charge in [-0.1, -0.05) is 41.4 Å². The van der Waals surface area contributed by atoms with Crippen LogP contribution in [0.25, 0.3) is 22.4 Å². The van der Waals surface area contributed by atoms with Crippen LogP contribution in [-0.4, -0.2) is 10.1 Å². The standard InChI is InChI=1S/C20H18ClNO/c1-12-8-13(2)20(14(3)9-12)15-10-17(22-19(21)11-15)16-6-4-5-7-18(16)23/h4-11,23H,1-3H3. The van der Waals surface area contributed by atoms with E-state index in [0.717, 1.165) is 11.1 Å². The SMILES string of the molecule is Cc1cc(C)c(-c2cc(Cl)nc(-c3ccccc3O)c2)c(C)c1. The highest BCUT2D eigenvalue weighted by molar-refractivity contribution is 6.29. The van der Waals surface area contributed by atoms with Gasteiger partial charge in [0.2, 0.25) is 0 Å². The molecule has 23 heavy (non-hydrogen) atoms. The number of pyridine rings is 1. The Labute approximate surface area is 141 Å². The molecule has 1 N–H and O–H groups in total. The van der Waals surface area contributed by atoms with Gasteiger partial charge in [0.1, 0.15) is 10.9 Å². The molecule has 0 spiro atoms. The number of halogens is 1. The van der Waals surface area contributed by atoms with Crippen LogP contribution in [0.4, 0.5) is 0 Å². The lowest BCUT2D eigenvalue weighted by Crippen LogP contribution is -1.93. The summed E-state index contributed by atoms with van der Waals surface area (Å²) < 4.78 is 0. The zero-order valence-corrected chi connectivity index (χ0v) is 14.1. The predicted octanol–water partition coefficient (Wildman–Crippen LogP) is 5.70. The quantitative estimate of drug-likeness (QED) is 0.614. The Morgan fingerprint density at radius 3 is 2.22 bits per heavy atom. The maximum absolute atomic E-state index is 10.1. The summed E-state index contributed by atoms with van der Waals surface area (Å²) in [6.45, 7) is 6.30. The van der Waals surface area contributed by atoms with Crippen molar-refractivity contribution in [3.63, 3.8) is 0 Å². The summed E-state index contributed by atoms with van der Waals surface area (Å²) in [5, 5.41) is 10.5. The second-order valence-electron chi connectivity index (χ2n) is 5.85. The van der Waals surface area contributed by atoms with Crippen molar-refractivity contribution in [3.8, 4) is 28.1 Å². The number of para-hydroxylation sites is 1. The molecule has 0 unspecified atom stereocenters. The van der Waals surface area contributed by atoms with Gasteiger partial charge in [0.05, 0.1) is 5.69 Å². The highest BCUT2D eigenvalue weighted by Gasteiger charge is 2.12. The largest absolute Gasteiger partial charge is 0.507 e. The Bertz CT molecular complexity index is 864. The molecule has 0 aliphatic heterocycles. The highest BCUT2D eigenvalue weighted by Crippen LogP contribution is 2.34. The van der Waals surface area contributed by atoms with Crippen LogP contribution in [0.5, 0.6) is 5.75 Å². The van der Waals surface area contributed by atoms with Gasteiger partial charge in [0.15, 0.2) is 0 Å². The minimum atomic E-state index is 0.200. The maximum Gasteiger partial charge on any atom is 0.130 e. The van der Waals surface area contributed by atoms with Crippen LogP contribution in [0, 0.1) is 20.8 Å². The fourth-order valence-corrected chi connectivity index (χ4v) is 3.31. The highest BCUT2D eigenvalue weighted by atomic mass is 35.5. The molecule has 3 heteroatoms. The Hall–Kier alpha value is -2.32. The fourth-order valence-electron chi connectivity index (χ4n) is 3.10. The van der Waals surface area contributed by atoms with Crippen molar-refractivity contribution in [2.75, 3.05) is 0 Å². The number of hydrogen-bond donors (Lipinski definition) is 1. The first-order valence-electron chi connectivity index (χ1n) is 7.50. The molecular weight excluding hydrogens is 306 g/mol. The maximum atomic E-state index is 10.1. The van der Waals surface area contributed by atoms with Crippen LogP contribution in [0.1, 0.15) is 16.7 Å². The van der Waals surface area contributed by atoms with Crippen molar-refractivity contribution in [1.29, 1.82) is 0 Å². The number of benzene rings is 2. The summed E-state index contributed by atoms with van der Waals surface area (Å²) in [7, 11) is 0. The average molecular weight is 324 g/mol. The summed E-state index contributed by atoms with van der Waals surface area (Å²) in [5.74, 6) is 0.200. The number of aromatic nitrogens is 1. The van der Waals surface area contributed by atoms with E-state index in [4.69, 9.17) is 11.6 Å². The van der Waals surface area contributed by atoms with Crippen LogP contribution < -0.4 is 0 Å². The Morgan fingerprint density at radius 2 is 1.57 bits per heavy atom. The summed E-state index contributed by atoms with van der Waals surface area (Å²) in [6.07, 6.45) is 0. The first-order valence-corrected chi connectivity index (χ1v) is 7.87. The second kappa shape index (κ2) is 6.05. The number of phenols is 1. The second-order valence-corrected chi connectivity index (χ2v) is 6.24. The summed E-state index contributed by atoms with van der Waals surface area (Å²) in [4.78, 5) is 4.37. The lowest BCUT2D eigenvalue weighted by atomic mass is 9.93. The third-order valence-corrected chi connectivity index (χ3v) is 4.13. The minimum absolute atomic E-state index is 0.200. The molecular formula is C20H18ClNO. The van der Waals surface area contributed by atoms with Gasteiger partial charge in [0.25, 0.3) is 0 Å². The average Bonchev–Trinajstić information content (AvgIpc) is 2.46. The monoisotopic (exact) mass is 323 g/mol. The van der Waals surface area contributed by atoms with Crippen molar-refractivity contribution in [1.82, 2.24) is 4.98 Å². The van der Waals surface area contributed by atoms with Crippen LogP contribution in [0.15, 0.2) is 48.5 Å². The molecule has 0 saturated heterocycles. The van der Waals surface area contributed by atoms with Gasteiger partial charge >= 0.3 is 0 Å². The summed E-state index contributed by atoms with van der Waals surface area (Å²) in [5.41, 5.74) is 7.17. The molecule has 0 bridgehead atoms. The summed E-state index contributed by atoms with van der Waals surface area (Å²) >= 11 is 6.25. The van der Waals surface area contributed by atoms with Crippen molar-refractivity contribution >= 4 is 11.6 Å². The van der Waals surface area contributed by atoms with Gasteiger partial charge in [0, 0.05) is 5.56 Å². The van der Waals surface area contributed by atoms with Crippen molar-refractivity contribution in [2.45, 2.75) is 20.8 Å². The van der Waals surface area contributed by atoms with E-state index in [1.165, 1.54) is 16.7 Å². The molecule has 0 saturated carbocycles. The van der Waals surface area contributed by atoms with E-state index in [0.29, 0.717) is 16.4 Å². The molecule has 0 atom stereocenters. The number of nitrogens with zero attached hydrogens (tertiary/aromatic N) is 1. The Kier molecular flexibility index (Phi) is 4.10. The molecule has 2 aromatic carbocycles. The third-order valence-electron chi connectivity index (χ3n) is 3.94. The molecule has 0 radical (unpaired) electrons. The number of rotatable bonds is 2. The molecule has 3 rings (SSSR count). The minimum Gasteiger partial charge on any atom is -0.507 e. The van der Waals surface area contributed by atoms with Crippen molar-refractivity contribution in [2.24, 2.45) is 0 Å². The Balaban J connectivity index is 2.22. The van der Waals surface area contributed by atoms with Crippen LogP contribution >= 0.6 is 11.6 Å². The van der Waals surface area contributed by atoms with Gasteiger partial charge in [-0.15, -0.1) is 0 Å². The van der Waals surface area contributed by atoms with Crippen LogP contribution in [0.2, 0.25) is 5.15 Å². The van der Waals surface area contributed by atoms with E-state index in [2.05, 4.69) is 37.9 Å². The zero-order valence-electron chi connectivity index (χ0n) is 13.4. The third kappa shape index (κ3) is 3.08. The van der Waals surface area contributed by atoms with Gasteiger partial charge in [-0.25, -0.2) is 4.98 Å². The molecule has 116 valence electrons. The smallest absolute Gasteiger partial charge is 0.130 e.